The molecule has 0 radical (unpaired) electrons. The third-order valence-electron chi connectivity index (χ3n) is 4.30. The zero-order valence-corrected chi connectivity index (χ0v) is 16.5. The number of anilines is 2. The number of carbonyl (C=O) groups is 1. The normalized spacial score (nSPS) is 14.5. The molecule has 3 rings (SSSR count). The summed E-state index contributed by atoms with van der Waals surface area (Å²) < 4.78 is 0. The van der Waals surface area contributed by atoms with Gasteiger partial charge in [0.1, 0.15) is 5.82 Å². The molecule has 0 unspecified atom stereocenters. The average Bonchev–Trinajstić information content (AvgIpc) is 2.61. The van der Waals surface area contributed by atoms with E-state index in [1.54, 1.807) is 23.1 Å². The quantitative estimate of drug-likeness (QED) is 0.801. The van der Waals surface area contributed by atoms with E-state index >= 15 is 0 Å². The van der Waals surface area contributed by atoms with Crippen LogP contribution in [0.25, 0.3) is 0 Å². The van der Waals surface area contributed by atoms with Gasteiger partial charge < -0.3 is 14.7 Å². The lowest BCUT2D eigenvalue weighted by atomic mass is 10.2. The van der Waals surface area contributed by atoms with Crippen LogP contribution in [0.1, 0.15) is 16.1 Å². The third kappa shape index (κ3) is 4.02. The third-order valence-corrected chi connectivity index (χ3v) is 4.85. The van der Waals surface area contributed by atoms with E-state index in [1.165, 1.54) is 0 Å². The van der Waals surface area contributed by atoms with E-state index in [0.717, 1.165) is 11.5 Å². The molecular weight excluding hydrogens is 373 g/mol. The second-order valence-electron chi connectivity index (χ2n) is 6.47. The second kappa shape index (κ2) is 7.68. The lowest BCUT2D eigenvalue weighted by Gasteiger charge is -2.35. The topological polar surface area (TPSA) is 52.6 Å². The van der Waals surface area contributed by atoms with Crippen LogP contribution >= 0.6 is 23.2 Å². The maximum absolute atomic E-state index is 12.7. The lowest BCUT2D eigenvalue weighted by molar-refractivity contribution is 0.0746. The fourth-order valence-corrected chi connectivity index (χ4v) is 3.34. The van der Waals surface area contributed by atoms with Gasteiger partial charge in [0.25, 0.3) is 5.91 Å². The van der Waals surface area contributed by atoms with Crippen molar-refractivity contribution in [1.29, 1.82) is 0 Å². The first-order valence-corrected chi connectivity index (χ1v) is 9.13. The lowest BCUT2D eigenvalue weighted by Crippen LogP contribution is -2.49. The molecule has 1 aliphatic rings. The molecule has 0 saturated carbocycles. The summed E-state index contributed by atoms with van der Waals surface area (Å²) >= 11 is 12.1. The fourth-order valence-electron chi connectivity index (χ4n) is 2.85. The number of amides is 1. The van der Waals surface area contributed by atoms with Gasteiger partial charge in [-0.15, -0.1) is 0 Å². The standard InChI is InChI=1S/C18H21Cl2N5O/c1-12-10-16(23(2)3)22-18(21-12)25-8-6-24(7-9-25)17(26)14-5-4-13(19)11-15(14)20/h4-5,10-11H,6-9H2,1-3H3. The van der Waals surface area contributed by atoms with Crippen molar-refractivity contribution in [3.05, 3.63) is 45.6 Å². The molecule has 0 spiro atoms. The van der Waals surface area contributed by atoms with Gasteiger partial charge in [-0.3, -0.25) is 4.79 Å². The Bertz CT molecular complexity index is 819. The molecule has 26 heavy (non-hydrogen) atoms. The summed E-state index contributed by atoms with van der Waals surface area (Å²) in [7, 11) is 3.91. The van der Waals surface area contributed by atoms with Gasteiger partial charge >= 0.3 is 0 Å². The summed E-state index contributed by atoms with van der Waals surface area (Å²) in [6, 6.07) is 6.90. The van der Waals surface area contributed by atoms with E-state index < -0.39 is 0 Å². The first kappa shape index (κ1) is 18.7. The summed E-state index contributed by atoms with van der Waals surface area (Å²) in [5.41, 5.74) is 1.40. The number of benzene rings is 1. The molecule has 2 heterocycles. The molecule has 1 fully saturated rings. The highest BCUT2D eigenvalue weighted by Crippen LogP contribution is 2.23. The number of piperazine rings is 1. The Labute approximate surface area is 163 Å². The predicted octanol–water partition coefficient (Wildman–Crippen LogP) is 3.12. The highest BCUT2D eigenvalue weighted by Gasteiger charge is 2.25. The summed E-state index contributed by atoms with van der Waals surface area (Å²) in [5.74, 6) is 1.50. The SMILES string of the molecule is Cc1cc(N(C)C)nc(N2CCN(C(=O)c3ccc(Cl)cc3Cl)CC2)n1. The molecule has 0 atom stereocenters. The Morgan fingerprint density at radius 1 is 1.08 bits per heavy atom. The van der Waals surface area contributed by atoms with Gasteiger partial charge in [-0.2, -0.15) is 4.98 Å². The highest BCUT2D eigenvalue weighted by atomic mass is 35.5. The van der Waals surface area contributed by atoms with E-state index in [9.17, 15) is 4.79 Å². The second-order valence-corrected chi connectivity index (χ2v) is 7.31. The monoisotopic (exact) mass is 393 g/mol. The molecule has 8 heteroatoms. The van der Waals surface area contributed by atoms with E-state index in [0.29, 0.717) is 47.7 Å². The molecular formula is C18H21Cl2N5O. The van der Waals surface area contributed by atoms with Gasteiger partial charge in [0.15, 0.2) is 0 Å². The summed E-state index contributed by atoms with van der Waals surface area (Å²) in [6.45, 7) is 4.49. The Hall–Kier alpha value is -2.05. The zero-order chi connectivity index (χ0) is 18.8. The van der Waals surface area contributed by atoms with Crippen LogP contribution in [-0.2, 0) is 0 Å². The van der Waals surface area contributed by atoms with E-state index in [-0.39, 0.29) is 5.91 Å². The Kier molecular flexibility index (Phi) is 5.53. The van der Waals surface area contributed by atoms with E-state index in [1.807, 2.05) is 32.0 Å². The van der Waals surface area contributed by atoms with Crippen LogP contribution in [0.2, 0.25) is 10.0 Å². The smallest absolute Gasteiger partial charge is 0.255 e. The van der Waals surface area contributed by atoms with Crippen molar-refractivity contribution in [3.63, 3.8) is 0 Å². The van der Waals surface area contributed by atoms with Gasteiger partial charge in [-0.05, 0) is 25.1 Å². The number of halogens is 2. The Morgan fingerprint density at radius 3 is 2.38 bits per heavy atom. The van der Waals surface area contributed by atoms with Gasteiger partial charge in [0.05, 0.1) is 10.6 Å². The number of aromatic nitrogens is 2. The van der Waals surface area contributed by atoms with Gasteiger partial charge in [0.2, 0.25) is 5.95 Å². The van der Waals surface area contributed by atoms with Crippen molar-refractivity contribution >= 4 is 40.9 Å². The molecule has 2 aromatic rings. The van der Waals surface area contributed by atoms with Crippen LogP contribution in [0.15, 0.2) is 24.3 Å². The van der Waals surface area contributed by atoms with E-state index in [2.05, 4.69) is 14.9 Å². The summed E-state index contributed by atoms with van der Waals surface area (Å²) in [4.78, 5) is 27.7. The number of nitrogens with zero attached hydrogens (tertiary/aromatic N) is 5. The number of carbonyl (C=O) groups excluding carboxylic acids is 1. The first-order chi connectivity index (χ1) is 12.3. The largest absolute Gasteiger partial charge is 0.363 e. The molecule has 1 aromatic heterocycles. The van der Waals surface area contributed by atoms with Crippen molar-refractivity contribution < 1.29 is 4.79 Å². The Balaban J connectivity index is 1.70. The maximum Gasteiger partial charge on any atom is 0.255 e. The highest BCUT2D eigenvalue weighted by molar-refractivity contribution is 6.36. The molecule has 1 saturated heterocycles. The fraction of sp³-hybridized carbons (Fsp3) is 0.389. The van der Waals surface area contributed by atoms with Crippen molar-refractivity contribution in [2.45, 2.75) is 6.92 Å². The van der Waals surface area contributed by atoms with Crippen LogP contribution in [0, 0.1) is 6.92 Å². The molecule has 1 aromatic carbocycles. The summed E-state index contributed by atoms with van der Waals surface area (Å²) in [6.07, 6.45) is 0. The Morgan fingerprint density at radius 2 is 1.77 bits per heavy atom. The molecule has 0 bridgehead atoms. The minimum absolute atomic E-state index is 0.0783. The molecule has 6 nitrogen and oxygen atoms in total. The minimum Gasteiger partial charge on any atom is -0.363 e. The van der Waals surface area contributed by atoms with E-state index in [4.69, 9.17) is 23.2 Å². The average molecular weight is 394 g/mol. The zero-order valence-electron chi connectivity index (χ0n) is 15.0. The van der Waals surface area contributed by atoms with Gasteiger partial charge in [0, 0.05) is 57.1 Å². The van der Waals surface area contributed by atoms with Crippen molar-refractivity contribution in [3.8, 4) is 0 Å². The maximum atomic E-state index is 12.7. The first-order valence-electron chi connectivity index (χ1n) is 8.37. The van der Waals surface area contributed by atoms with Crippen molar-refractivity contribution in [1.82, 2.24) is 14.9 Å². The van der Waals surface area contributed by atoms with Crippen LogP contribution < -0.4 is 9.80 Å². The molecule has 0 N–H and O–H groups in total. The van der Waals surface area contributed by atoms with Crippen LogP contribution in [-0.4, -0.2) is 61.0 Å². The minimum atomic E-state index is -0.0783. The summed E-state index contributed by atoms with van der Waals surface area (Å²) in [5, 5.41) is 0.896. The number of hydrogen-bond acceptors (Lipinski definition) is 5. The van der Waals surface area contributed by atoms with Gasteiger partial charge in [-0.1, -0.05) is 23.2 Å². The number of rotatable bonds is 3. The number of hydrogen-bond donors (Lipinski definition) is 0. The molecule has 0 aliphatic carbocycles. The van der Waals surface area contributed by atoms with Crippen LogP contribution in [0.4, 0.5) is 11.8 Å². The van der Waals surface area contributed by atoms with Gasteiger partial charge in [-0.25, -0.2) is 4.98 Å². The molecule has 1 aliphatic heterocycles. The van der Waals surface area contributed by atoms with Crippen LogP contribution in [0.5, 0.6) is 0 Å². The molecule has 1 amide bonds. The molecule has 138 valence electrons. The van der Waals surface area contributed by atoms with Crippen molar-refractivity contribution in [2.75, 3.05) is 50.1 Å². The predicted molar refractivity (Wildman–Crippen MR) is 106 cm³/mol. The number of aryl methyl sites for hydroxylation is 1. The van der Waals surface area contributed by atoms with Crippen molar-refractivity contribution in [2.24, 2.45) is 0 Å². The van der Waals surface area contributed by atoms with Crippen LogP contribution in [0.3, 0.4) is 0 Å².